The second kappa shape index (κ2) is 6.06. The van der Waals surface area contributed by atoms with Crippen LogP contribution in [0.1, 0.15) is 6.92 Å². The molecule has 0 radical (unpaired) electrons. The molecule has 7 nitrogen and oxygen atoms in total. The number of aliphatic carboxylic acids is 1. The average Bonchev–Trinajstić information content (AvgIpc) is 1.81. The van der Waals surface area contributed by atoms with Crippen molar-refractivity contribution in [2.45, 2.75) is 19.1 Å². The van der Waals surface area contributed by atoms with E-state index in [1.165, 1.54) is 6.92 Å². The molecule has 8 heteroatoms. The standard InChI is InChI=1S/C4H9NO3.CH5O3P/c1-2(6)3(5)4(7)8;1-5(2,3)4/h2-3,6H,5H2,1H3,(H,7,8);1H3,(H2,2,3,4). The first-order chi connectivity index (χ1) is 5.55. The third-order valence-corrected chi connectivity index (χ3v) is 0.805. The highest BCUT2D eigenvalue weighted by molar-refractivity contribution is 7.50. The second-order valence-electron chi connectivity index (χ2n) is 2.44. The zero-order valence-corrected chi connectivity index (χ0v) is 8.18. The van der Waals surface area contributed by atoms with Crippen LogP contribution < -0.4 is 5.73 Å². The van der Waals surface area contributed by atoms with E-state index in [1.54, 1.807) is 0 Å². The minimum Gasteiger partial charge on any atom is -0.480 e. The molecule has 2 atom stereocenters. The molecule has 13 heavy (non-hydrogen) atoms. The van der Waals surface area contributed by atoms with E-state index in [0.29, 0.717) is 0 Å². The van der Waals surface area contributed by atoms with Crippen LogP contribution in [-0.4, -0.2) is 44.8 Å². The Bertz CT molecular complexity index is 191. The van der Waals surface area contributed by atoms with Crippen molar-refractivity contribution >= 4 is 13.6 Å². The van der Waals surface area contributed by atoms with Crippen molar-refractivity contribution in [3.05, 3.63) is 0 Å². The van der Waals surface area contributed by atoms with E-state index < -0.39 is 25.7 Å². The largest absolute Gasteiger partial charge is 0.480 e. The average molecular weight is 215 g/mol. The first-order valence-electron chi connectivity index (χ1n) is 3.25. The lowest BCUT2D eigenvalue weighted by Gasteiger charge is -2.06. The van der Waals surface area contributed by atoms with Gasteiger partial charge in [0, 0.05) is 6.66 Å². The van der Waals surface area contributed by atoms with Gasteiger partial charge in [-0.2, -0.15) is 0 Å². The summed E-state index contributed by atoms with van der Waals surface area (Å²) >= 11 is 0. The number of hydrogen-bond donors (Lipinski definition) is 5. The minimum absolute atomic E-state index is 0.854. The van der Waals surface area contributed by atoms with Crippen LogP contribution in [0.25, 0.3) is 0 Å². The Morgan fingerprint density at radius 3 is 1.69 bits per heavy atom. The lowest BCUT2D eigenvalue weighted by molar-refractivity contribution is -0.140. The number of carbonyl (C=O) groups is 1. The molecule has 0 fully saturated rings. The van der Waals surface area contributed by atoms with Crippen molar-refractivity contribution in [2.24, 2.45) is 5.73 Å². The molecule has 0 aliphatic carbocycles. The van der Waals surface area contributed by atoms with Crippen molar-refractivity contribution in [1.29, 1.82) is 0 Å². The second-order valence-corrected chi connectivity index (χ2v) is 4.11. The van der Waals surface area contributed by atoms with E-state index in [-0.39, 0.29) is 0 Å². The summed E-state index contributed by atoms with van der Waals surface area (Å²) in [6.07, 6.45) is -0.979. The van der Waals surface area contributed by atoms with Crippen LogP contribution in [0, 0.1) is 0 Å². The maximum Gasteiger partial charge on any atom is 0.323 e. The summed E-state index contributed by atoms with van der Waals surface area (Å²) < 4.78 is 9.33. The lowest BCUT2D eigenvalue weighted by Crippen LogP contribution is -2.39. The Morgan fingerprint density at radius 2 is 1.69 bits per heavy atom. The molecular formula is C5H14NO6P. The number of carboxylic acid groups (broad SMARTS) is 1. The van der Waals surface area contributed by atoms with Gasteiger partial charge in [-0.3, -0.25) is 9.36 Å². The molecule has 0 aliphatic heterocycles. The van der Waals surface area contributed by atoms with E-state index >= 15 is 0 Å². The van der Waals surface area contributed by atoms with Gasteiger partial charge in [0.2, 0.25) is 0 Å². The van der Waals surface area contributed by atoms with Gasteiger partial charge >= 0.3 is 13.6 Å². The van der Waals surface area contributed by atoms with E-state index in [9.17, 15) is 9.36 Å². The zero-order valence-electron chi connectivity index (χ0n) is 7.28. The highest BCUT2D eigenvalue weighted by Gasteiger charge is 2.16. The van der Waals surface area contributed by atoms with E-state index in [1.807, 2.05) is 0 Å². The Labute approximate surface area is 75.3 Å². The van der Waals surface area contributed by atoms with Crippen LogP contribution in [0.4, 0.5) is 0 Å². The maximum atomic E-state index is 9.86. The molecule has 80 valence electrons. The number of nitrogens with two attached hydrogens (primary N) is 1. The van der Waals surface area contributed by atoms with Crippen LogP contribution in [-0.2, 0) is 9.36 Å². The fraction of sp³-hybridized carbons (Fsp3) is 0.800. The van der Waals surface area contributed by atoms with Gasteiger partial charge in [-0.05, 0) is 6.92 Å². The van der Waals surface area contributed by atoms with Gasteiger partial charge in [-0.15, -0.1) is 0 Å². The van der Waals surface area contributed by atoms with Crippen LogP contribution in [0.3, 0.4) is 0 Å². The number of rotatable bonds is 2. The molecule has 0 rings (SSSR count). The van der Waals surface area contributed by atoms with Gasteiger partial charge in [0.15, 0.2) is 0 Å². The molecule has 0 saturated carbocycles. The fourth-order valence-electron chi connectivity index (χ4n) is 0.206. The summed E-state index contributed by atoms with van der Waals surface area (Å²) in [5.74, 6) is -1.18. The summed E-state index contributed by atoms with van der Waals surface area (Å²) in [7, 11) is -3.64. The lowest BCUT2D eigenvalue weighted by atomic mass is 10.2. The molecule has 6 N–H and O–H groups in total. The molecular weight excluding hydrogens is 201 g/mol. The third kappa shape index (κ3) is 18.5. The molecule has 0 spiro atoms. The quantitative estimate of drug-likeness (QED) is 0.355. The van der Waals surface area contributed by atoms with Crippen molar-refractivity contribution in [3.8, 4) is 0 Å². The molecule has 2 unspecified atom stereocenters. The van der Waals surface area contributed by atoms with E-state index in [2.05, 4.69) is 0 Å². The first kappa shape index (κ1) is 15.0. The molecule has 0 aromatic rings. The minimum atomic E-state index is -3.64. The Morgan fingerprint density at radius 1 is 1.46 bits per heavy atom. The predicted octanol–water partition coefficient (Wildman–Crippen LogP) is -1.43. The summed E-state index contributed by atoms with van der Waals surface area (Å²) in [5.41, 5.74) is 4.91. The first-order valence-corrected chi connectivity index (χ1v) is 5.31. The number of aliphatic hydroxyl groups excluding tert-OH is 1. The number of hydrogen-bond acceptors (Lipinski definition) is 4. The highest BCUT2D eigenvalue weighted by Crippen LogP contribution is 2.26. The molecule has 0 aromatic heterocycles. The molecule has 0 saturated heterocycles. The van der Waals surface area contributed by atoms with Crippen LogP contribution >= 0.6 is 7.60 Å². The smallest absolute Gasteiger partial charge is 0.323 e. The van der Waals surface area contributed by atoms with Crippen molar-refractivity contribution in [2.75, 3.05) is 6.66 Å². The summed E-state index contributed by atoms with van der Waals surface area (Å²) in [4.78, 5) is 25.1. The molecule has 0 amide bonds. The Kier molecular flexibility index (Phi) is 7.01. The topological polar surface area (TPSA) is 141 Å². The van der Waals surface area contributed by atoms with Gasteiger partial charge in [-0.25, -0.2) is 0 Å². The Balaban J connectivity index is 0. The molecule has 0 aliphatic rings. The Hall–Kier alpha value is -0.460. The van der Waals surface area contributed by atoms with E-state index in [4.69, 9.17) is 25.7 Å². The monoisotopic (exact) mass is 215 g/mol. The number of aliphatic hydroxyl groups is 1. The van der Waals surface area contributed by atoms with Crippen LogP contribution in [0.15, 0.2) is 0 Å². The SMILES string of the molecule is CC(O)C(N)C(=O)O.CP(=O)(O)O. The fourth-order valence-corrected chi connectivity index (χ4v) is 0.206. The summed E-state index contributed by atoms with van der Waals surface area (Å²) in [6, 6.07) is -1.16. The van der Waals surface area contributed by atoms with Crippen molar-refractivity contribution in [3.63, 3.8) is 0 Å². The van der Waals surface area contributed by atoms with E-state index in [0.717, 1.165) is 6.66 Å². The molecule has 0 heterocycles. The summed E-state index contributed by atoms with van der Waals surface area (Å²) in [5, 5.41) is 16.6. The van der Waals surface area contributed by atoms with Crippen molar-refractivity contribution < 1.29 is 29.4 Å². The van der Waals surface area contributed by atoms with Gasteiger partial charge in [0.05, 0.1) is 6.10 Å². The van der Waals surface area contributed by atoms with Gasteiger partial charge in [-0.1, -0.05) is 0 Å². The number of carboxylic acids is 1. The van der Waals surface area contributed by atoms with Crippen LogP contribution in [0.5, 0.6) is 0 Å². The predicted molar refractivity (Wildman–Crippen MR) is 45.3 cm³/mol. The van der Waals surface area contributed by atoms with Gasteiger partial charge in [0.1, 0.15) is 6.04 Å². The zero-order chi connectivity index (χ0) is 11.2. The maximum absolute atomic E-state index is 9.86. The van der Waals surface area contributed by atoms with Crippen LogP contribution in [0.2, 0.25) is 0 Å². The van der Waals surface area contributed by atoms with Gasteiger partial charge in [0.25, 0.3) is 0 Å². The third-order valence-electron chi connectivity index (χ3n) is 0.805. The highest BCUT2D eigenvalue weighted by atomic mass is 31.2. The summed E-state index contributed by atoms with van der Waals surface area (Å²) in [6.45, 7) is 2.19. The molecule has 0 bridgehead atoms. The normalized spacial score (nSPS) is 15.2. The van der Waals surface area contributed by atoms with Crippen molar-refractivity contribution in [1.82, 2.24) is 0 Å². The van der Waals surface area contributed by atoms with Gasteiger partial charge < -0.3 is 25.7 Å². The molecule has 0 aromatic carbocycles.